The van der Waals surface area contributed by atoms with E-state index in [2.05, 4.69) is 10.1 Å². The van der Waals surface area contributed by atoms with Crippen LogP contribution < -0.4 is 10.3 Å². The first-order valence-corrected chi connectivity index (χ1v) is 7.90. The average Bonchev–Trinajstić information content (AvgIpc) is 2.90. The van der Waals surface area contributed by atoms with Crippen molar-refractivity contribution in [2.24, 2.45) is 5.16 Å². The third-order valence-corrected chi connectivity index (χ3v) is 4.39. The zero-order valence-corrected chi connectivity index (χ0v) is 13.8. The highest BCUT2D eigenvalue weighted by atomic mass is 32.1. The molecular weight excluding hydrogens is 333 g/mol. The zero-order chi connectivity index (χ0) is 17.3. The number of oxime groups is 1. The predicted octanol–water partition coefficient (Wildman–Crippen LogP) is 2.98. The van der Waals surface area contributed by atoms with E-state index in [1.807, 2.05) is 6.92 Å². The Labute approximate surface area is 140 Å². The van der Waals surface area contributed by atoms with E-state index in [4.69, 9.17) is 9.94 Å². The molecule has 1 N–H and O–H groups in total. The highest BCUT2D eigenvalue weighted by Gasteiger charge is 2.15. The highest BCUT2D eigenvalue weighted by Crippen LogP contribution is 2.21. The molecule has 0 radical (unpaired) electrons. The summed E-state index contributed by atoms with van der Waals surface area (Å²) in [7, 11) is 0. The van der Waals surface area contributed by atoms with Gasteiger partial charge in [0, 0.05) is 10.9 Å². The first-order chi connectivity index (χ1) is 11.5. The Balaban J connectivity index is 1.94. The molecule has 3 rings (SSSR count). The van der Waals surface area contributed by atoms with E-state index in [1.165, 1.54) is 46.1 Å². The maximum absolute atomic E-state index is 12.9. The van der Waals surface area contributed by atoms with Gasteiger partial charge in [0.1, 0.15) is 23.9 Å². The monoisotopic (exact) mass is 347 g/mol. The lowest BCUT2D eigenvalue weighted by Crippen LogP contribution is -2.19. The average molecular weight is 347 g/mol. The van der Waals surface area contributed by atoms with Crippen LogP contribution >= 0.6 is 11.3 Å². The van der Waals surface area contributed by atoms with Gasteiger partial charge in [0.15, 0.2) is 4.96 Å². The molecule has 2 aromatic heterocycles. The molecule has 0 amide bonds. The van der Waals surface area contributed by atoms with Gasteiger partial charge in [0.2, 0.25) is 0 Å². The maximum Gasteiger partial charge on any atom is 0.259 e. The van der Waals surface area contributed by atoms with Crippen molar-refractivity contribution in [3.8, 4) is 5.75 Å². The van der Waals surface area contributed by atoms with Gasteiger partial charge in [-0.1, -0.05) is 5.16 Å². The fourth-order valence-electron chi connectivity index (χ4n) is 2.35. The number of rotatable bonds is 4. The lowest BCUT2D eigenvalue weighted by molar-refractivity contribution is 0.301. The van der Waals surface area contributed by atoms with Crippen LogP contribution in [0.3, 0.4) is 0 Å². The summed E-state index contributed by atoms with van der Waals surface area (Å²) in [6.45, 7) is 3.54. The molecule has 0 unspecified atom stereocenters. The second-order valence-corrected chi connectivity index (χ2v) is 6.32. The topological polar surface area (TPSA) is 76.2 Å². The molecule has 124 valence electrons. The number of hydrogen-bond donors (Lipinski definition) is 1. The molecule has 0 aliphatic carbocycles. The van der Waals surface area contributed by atoms with Gasteiger partial charge in [-0.3, -0.25) is 4.79 Å². The normalized spacial score (nSPS) is 11.9. The van der Waals surface area contributed by atoms with Gasteiger partial charge >= 0.3 is 0 Å². The lowest BCUT2D eigenvalue weighted by Gasteiger charge is -2.06. The van der Waals surface area contributed by atoms with Gasteiger partial charge < -0.3 is 9.94 Å². The van der Waals surface area contributed by atoms with Gasteiger partial charge in [-0.15, -0.1) is 11.3 Å². The minimum Gasteiger partial charge on any atom is -0.487 e. The number of nitrogens with zero attached hydrogens (tertiary/aromatic N) is 3. The van der Waals surface area contributed by atoms with Crippen LogP contribution in [-0.4, -0.2) is 20.3 Å². The van der Waals surface area contributed by atoms with E-state index in [0.717, 1.165) is 4.88 Å². The van der Waals surface area contributed by atoms with Gasteiger partial charge in [-0.2, -0.15) is 0 Å². The van der Waals surface area contributed by atoms with Crippen molar-refractivity contribution in [3.63, 3.8) is 0 Å². The van der Waals surface area contributed by atoms with Gasteiger partial charge in [0.05, 0.1) is 11.4 Å². The smallest absolute Gasteiger partial charge is 0.259 e. The van der Waals surface area contributed by atoms with E-state index in [-0.39, 0.29) is 18.0 Å². The minimum atomic E-state index is -0.345. The number of aryl methyl sites for hydroxylation is 1. The van der Waals surface area contributed by atoms with Crippen LogP contribution in [0.25, 0.3) is 4.96 Å². The van der Waals surface area contributed by atoms with Crippen molar-refractivity contribution in [2.75, 3.05) is 0 Å². The molecule has 0 atom stereocenters. The lowest BCUT2D eigenvalue weighted by atomic mass is 10.2. The largest absolute Gasteiger partial charge is 0.487 e. The molecular formula is C16H14FN3O3S. The molecule has 0 spiro atoms. The Morgan fingerprint density at radius 1 is 1.42 bits per heavy atom. The van der Waals surface area contributed by atoms with Crippen LogP contribution in [0.1, 0.15) is 23.2 Å². The van der Waals surface area contributed by atoms with Crippen LogP contribution in [0.2, 0.25) is 0 Å². The second kappa shape index (κ2) is 6.40. The summed E-state index contributed by atoms with van der Waals surface area (Å²) in [5, 5.41) is 12.1. The van der Waals surface area contributed by atoms with Crippen molar-refractivity contribution < 1.29 is 14.3 Å². The SMILES string of the molecule is CC(=NO)c1c(C)sc2nc(COc3ccc(F)cc3)cc(=O)n12. The number of hydrogen-bond acceptors (Lipinski definition) is 6. The fraction of sp³-hybridized carbons (Fsp3) is 0.188. The highest BCUT2D eigenvalue weighted by molar-refractivity contribution is 7.17. The third kappa shape index (κ3) is 3.00. The molecule has 8 heteroatoms. The Morgan fingerprint density at radius 2 is 2.12 bits per heavy atom. The number of fused-ring (bicyclic) bond motifs is 1. The van der Waals surface area contributed by atoms with Crippen LogP contribution in [-0.2, 0) is 6.61 Å². The quantitative estimate of drug-likeness (QED) is 0.447. The Bertz CT molecular complexity index is 977. The van der Waals surface area contributed by atoms with Crippen molar-refractivity contribution in [2.45, 2.75) is 20.5 Å². The molecule has 1 aromatic carbocycles. The van der Waals surface area contributed by atoms with E-state index in [0.29, 0.717) is 27.8 Å². The summed E-state index contributed by atoms with van der Waals surface area (Å²) in [5.41, 5.74) is 1.08. The standard InChI is InChI=1S/C16H14FN3O3S/c1-9(19-22)15-10(2)24-16-18-12(7-14(21)20(15)16)8-23-13-5-3-11(17)4-6-13/h3-7,22H,8H2,1-2H3. The van der Waals surface area contributed by atoms with Gasteiger partial charge in [-0.05, 0) is 38.1 Å². The predicted molar refractivity (Wildman–Crippen MR) is 88.8 cm³/mol. The van der Waals surface area contributed by atoms with Crippen molar-refractivity contribution in [1.29, 1.82) is 0 Å². The number of benzene rings is 1. The molecule has 0 saturated carbocycles. The maximum atomic E-state index is 12.9. The summed E-state index contributed by atoms with van der Waals surface area (Å²) in [6.07, 6.45) is 0. The molecule has 0 saturated heterocycles. The van der Waals surface area contributed by atoms with E-state index >= 15 is 0 Å². The molecule has 6 nitrogen and oxygen atoms in total. The second-order valence-electron chi connectivity index (χ2n) is 5.14. The van der Waals surface area contributed by atoms with Crippen molar-refractivity contribution >= 4 is 22.0 Å². The van der Waals surface area contributed by atoms with Crippen molar-refractivity contribution in [1.82, 2.24) is 9.38 Å². The fourth-order valence-corrected chi connectivity index (χ4v) is 3.39. The molecule has 24 heavy (non-hydrogen) atoms. The van der Waals surface area contributed by atoms with Crippen LogP contribution in [0.4, 0.5) is 4.39 Å². The summed E-state index contributed by atoms with van der Waals surface area (Å²) >= 11 is 1.33. The minimum absolute atomic E-state index is 0.0940. The number of ether oxygens (including phenoxy) is 1. The first kappa shape index (κ1) is 16.1. The summed E-state index contributed by atoms with van der Waals surface area (Å²) in [5.74, 6) is 0.146. The van der Waals surface area contributed by atoms with E-state index in [9.17, 15) is 9.18 Å². The van der Waals surface area contributed by atoms with Crippen LogP contribution in [0, 0.1) is 12.7 Å². The van der Waals surface area contributed by atoms with Crippen LogP contribution in [0.5, 0.6) is 5.75 Å². The number of aromatic nitrogens is 2. The third-order valence-electron chi connectivity index (χ3n) is 3.44. The molecule has 2 heterocycles. The summed E-state index contributed by atoms with van der Waals surface area (Å²) in [4.78, 5) is 18.1. The van der Waals surface area contributed by atoms with Gasteiger partial charge in [-0.25, -0.2) is 13.8 Å². The van der Waals surface area contributed by atoms with Gasteiger partial charge in [0.25, 0.3) is 5.56 Å². The molecule has 3 aromatic rings. The zero-order valence-electron chi connectivity index (χ0n) is 13.0. The number of halogens is 1. The molecule has 0 aliphatic rings. The molecule has 0 aliphatic heterocycles. The Morgan fingerprint density at radius 3 is 2.79 bits per heavy atom. The van der Waals surface area contributed by atoms with Crippen molar-refractivity contribution in [3.05, 3.63) is 62.8 Å². The first-order valence-electron chi connectivity index (χ1n) is 7.09. The van der Waals surface area contributed by atoms with Crippen LogP contribution in [0.15, 0.2) is 40.3 Å². The molecule has 0 bridgehead atoms. The summed E-state index contributed by atoms with van der Waals surface area (Å²) < 4.78 is 19.8. The van der Waals surface area contributed by atoms with E-state index in [1.54, 1.807) is 6.92 Å². The Hall–Kier alpha value is -2.74. The Kier molecular flexibility index (Phi) is 4.30. The van der Waals surface area contributed by atoms with E-state index < -0.39 is 0 Å². The number of thiazole rings is 1. The molecule has 0 fully saturated rings. The summed E-state index contributed by atoms with van der Waals surface area (Å²) in [6, 6.07) is 6.99.